The number of nitrogens with zero attached hydrogens (tertiary/aromatic N) is 2. The zero-order chi connectivity index (χ0) is 14.1. The van der Waals surface area contributed by atoms with E-state index in [0.29, 0.717) is 0 Å². The Bertz CT molecular complexity index is 228. The molecule has 4 heteroatoms. The fourth-order valence-electron chi connectivity index (χ4n) is 2.39. The molecule has 0 radical (unpaired) electrons. The lowest BCUT2D eigenvalue weighted by molar-refractivity contribution is -0.145. The number of hydrogen-bond acceptors (Lipinski definition) is 3. The molecule has 0 aliphatic carbocycles. The van der Waals surface area contributed by atoms with Crippen LogP contribution >= 0.6 is 0 Å². The first-order valence-corrected chi connectivity index (χ1v) is 7.17. The lowest BCUT2D eigenvalue weighted by Gasteiger charge is -2.31. The van der Waals surface area contributed by atoms with Crippen LogP contribution in [0.4, 0.5) is 0 Å². The van der Waals surface area contributed by atoms with Gasteiger partial charge in [-0.1, -0.05) is 34.6 Å². The quantitative estimate of drug-likeness (QED) is 0.652. The molecule has 0 heterocycles. The van der Waals surface area contributed by atoms with E-state index in [1.807, 2.05) is 20.8 Å². The predicted molar refractivity (Wildman–Crippen MR) is 75.9 cm³/mol. The van der Waals surface area contributed by atoms with Crippen molar-refractivity contribution < 1.29 is 9.90 Å². The molecule has 108 valence electrons. The summed E-state index contributed by atoms with van der Waals surface area (Å²) in [6.07, 6.45) is 1.03. The van der Waals surface area contributed by atoms with Crippen molar-refractivity contribution in [3.63, 3.8) is 0 Å². The number of rotatable bonds is 10. The Morgan fingerprint density at radius 3 is 1.94 bits per heavy atom. The maximum atomic E-state index is 11.3. The van der Waals surface area contributed by atoms with Gasteiger partial charge >= 0.3 is 5.97 Å². The van der Waals surface area contributed by atoms with Crippen LogP contribution in [0.15, 0.2) is 0 Å². The third-order valence-electron chi connectivity index (χ3n) is 3.50. The monoisotopic (exact) mass is 258 g/mol. The highest BCUT2D eigenvalue weighted by Gasteiger charge is 2.27. The molecule has 0 amide bonds. The predicted octanol–water partition coefficient (Wildman–Crippen LogP) is 2.15. The van der Waals surface area contributed by atoms with Crippen LogP contribution in [0.3, 0.4) is 0 Å². The number of aliphatic carboxylic acids is 1. The zero-order valence-electron chi connectivity index (χ0n) is 12.6. The van der Waals surface area contributed by atoms with E-state index in [9.17, 15) is 9.90 Å². The van der Waals surface area contributed by atoms with Gasteiger partial charge in [0.05, 0.1) is 0 Å². The van der Waals surface area contributed by atoms with Gasteiger partial charge in [-0.2, -0.15) is 0 Å². The molecule has 0 saturated heterocycles. The van der Waals surface area contributed by atoms with E-state index in [4.69, 9.17) is 0 Å². The first-order valence-electron chi connectivity index (χ1n) is 7.17. The van der Waals surface area contributed by atoms with Gasteiger partial charge in [0.2, 0.25) is 0 Å². The van der Waals surface area contributed by atoms with Gasteiger partial charge in [-0.05, 0) is 38.5 Å². The summed E-state index contributed by atoms with van der Waals surface area (Å²) in [5.74, 6) is -0.550. The molecular weight excluding hydrogens is 228 g/mol. The molecule has 18 heavy (non-hydrogen) atoms. The van der Waals surface area contributed by atoms with Crippen molar-refractivity contribution >= 4 is 5.97 Å². The number of carboxylic acid groups (broad SMARTS) is 1. The Labute approximate surface area is 112 Å². The molecule has 1 unspecified atom stereocenters. The van der Waals surface area contributed by atoms with Crippen molar-refractivity contribution in [2.24, 2.45) is 5.92 Å². The van der Waals surface area contributed by atoms with Crippen molar-refractivity contribution in [3.8, 4) is 0 Å². The summed E-state index contributed by atoms with van der Waals surface area (Å²) in [5, 5.41) is 9.29. The van der Waals surface area contributed by atoms with Crippen molar-refractivity contribution in [1.82, 2.24) is 9.80 Å². The van der Waals surface area contributed by atoms with Crippen LogP contribution in [0, 0.1) is 5.92 Å². The lowest BCUT2D eigenvalue weighted by Crippen LogP contribution is -2.45. The summed E-state index contributed by atoms with van der Waals surface area (Å²) in [5.41, 5.74) is 0. The van der Waals surface area contributed by atoms with Crippen molar-refractivity contribution in [2.45, 2.75) is 47.1 Å². The molecule has 0 aliphatic heterocycles. The highest BCUT2D eigenvalue weighted by atomic mass is 16.4. The van der Waals surface area contributed by atoms with Crippen LogP contribution in [0.2, 0.25) is 0 Å². The van der Waals surface area contributed by atoms with Gasteiger partial charge < -0.3 is 10.0 Å². The van der Waals surface area contributed by atoms with Crippen LogP contribution in [-0.2, 0) is 4.79 Å². The van der Waals surface area contributed by atoms with Crippen LogP contribution in [0.5, 0.6) is 0 Å². The van der Waals surface area contributed by atoms with Crippen molar-refractivity contribution in [3.05, 3.63) is 0 Å². The highest BCUT2D eigenvalue weighted by Crippen LogP contribution is 2.11. The first kappa shape index (κ1) is 17.4. The molecular formula is C14H30N2O2. The summed E-state index contributed by atoms with van der Waals surface area (Å²) in [7, 11) is 0. The van der Waals surface area contributed by atoms with Crippen LogP contribution in [-0.4, -0.2) is 59.6 Å². The fourth-order valence-corrected chi connectivity index (χ4v) is 2.39. The number of likely N-dealkylation sites (N-methyl/N-ethyl adjacent to an activating group) is 1. The second-order valence-corrected chi connectivity index (χ2v) is 5.04. The second kappa shape index (κ2) is 9.34. The van der Waals surface area contributed by atoms with Crippen LogP contribution in [0.25, 0.3) is 0 Å². The lowest BCUT2D eigenvalue weighted by atomic mass is 10.0. The van der Waals surface area contributed by atoms with Gasteiger partial charge in [-0.3, -0.25) is 9.69 Å². The van der Waals surface area contributed by atoms with Crippen LogP contribution < -0.4 is 0 Å². The fraction of sp³-hybridized carbons (Fsp3) is 0.929. The Morgan fingerprint density at radius 1 is 1.06 bits per heavy atom. The maximum absolute atomic E-state index is 11.3. The molecule has 0 aliphatic rings. The topological polar surface area (TPSA) is 43.8 Å². The Balaban J connectivity index is 4.28. The normalized spacial score (nSPS) is 13.6. The van der Waals surface area contributed by atoms with E-state index in [2.05, 4.69) is 23.6 Å². The second-order valence-electron chi connectivity index (χ2n) is 5.04. The molecule has 0 aromatic carbocycles. The zero-order valence-corrected chi connectivity index (χ0v) is 12.6. The molecule has 1 N–H and O–H groups in total. The van der Waals surface area contributed by atoms with E-state index in [-0.39, 0.29) is 12.0 Å². The van der Waals surface area contributed by atoms with E-state index in [0.717, 1.165) is 39.1 Å². The van der Waals surface area contributed by atoms with Gasteiger partial charge in [0, 0.05) is 6.54 Å². The molecule has 1 atom stereocenters. The average molecular weight is 258 g/mol. The molecule has 0 rings (SSSR count). The number of hydrogen-bond donors (Lipinski definition) is 1. The van der Waals surface area contributed by atoms with E-state index in [1.54, 1.807) is 0 Å². The van der Waals surface area contributed by atoms with Crippen molar-refractivity contribution in [2.75, 3.05) is 32.7 Å². The molecule has 0 bridgehead atoms. The Morgan fingerprint density at radius 2 is 1.61 bits per heavy atom. The van der Waals surface area contributed by atoms with E-state index < -0.39 is 5.97 Å². The largest absolute Gasteiger partial charge is 0.480 e. The Kier molecular flexibility index (Phi) is 9.02. The minimum absolute atomic E-state index is 0.149. The van der Waals surface area contributed by atoms with E-state index in [1.165, 1.54) is 0 Å². The molecule has 0 saturated carbocycles. The highest BCUT2D eigenvalue weighted by molar-refractivity contribution is 5.73. The molecule has 0 aromatic rings. The first-order chi connectivity index (χ1) is 8.47. The summed E-state index contributed by atoms with van der Waals surface area (Å²) in [6, 6.07) is -0.355. The summed E-state index contributed by atoms with van der Waals surface area (Å²) < 4.78 is 0. The summed E-state index contributed by atoms with van der Waals surface area (Å²) >= 11 is 0. The smallest absolute Gasteiger partial charge is 0.321 e. The van der Waals surface area contributed by atoms with Gasteiger partial charge in [0.15, 0.2) is 0 Å². The average Bonchev–Trinajstić information content (AvgIpc) is 2.31. The van der Waals surface area contributed by atoms with E-state index >= 15 is 0 Å². The number of carbonyl (C=O) groups is 1. The summed E-state index contributed by atoms with van der Waals surface area (Å²) in [4.78, 5) is 15.8. The molecule has 0 spiro atoms. The van der Waals surface area contributed by atoms with Gasteiger partial charge in [0.1, 0.15) is 6.04 Å². The van der Waals surface area contributed by atoms with Crippen molar-refractivity contribution in [1.29, 1.82) is 0 Å². The van der Waals surface area contributed by atoms with Gasteiger partial charge in [-0.25, -0.2) is 0 Å². The minimum Gasteiger partial charge on any atom is -0.480 e. The minimum atomic E-state index is -0.699. The standard InChI is InChI=1S/C14H30N2O2/c1-6-15(7-2)10-9-11-16(8-3)13(12(4)5)14(17)18/h12-13H,6-11H2,1-5H3,(H,17,18). The molecule has 0 fully saturated rings. The molecule has 4 nitrogen and oxygen atoms in total. The summed E-state index contributed by atoms with van der Waals surface area (Å²) in [6.45, 7) is 15.2. The third kappa shape index (κ3) is 5.83. The third-order valence-corrected chi connectivity index (χ3v) is 3.50. The SMILES string of the molecule is CCN(CC)CCCN(CC)C(C(=O)O)C(C)C. The van der Waals surface area contributed by atoms with Gasteiger partial charge in [0.25, 0.3) is 0 Å². The molecule has 0 aromatic heterocycles. The maximum Gasteiger partial charge on any atom is 0.321 e. The Hall–Kier alpha value is -0.610. The van der Waals surface area contributed by atoms with Crippen LogP contribution in [0.1, 0.15) is 41.0 Å². The van der Waals surface area contributed by atoms with Gasteiger partial charge in [-0.15, -0.1) is 0 Å². The number of carboxylic acids is 1.